The first-order valence-corrected chi connectivity index (χ1v) is 8.58. The van der Waals surface area contributed by atoms with E-state index in [0.717, 1.165) is 0 Å². The van der Waals surface area contributed by atoms with Gasteiger partial charge < -0.3 is 34.4 Å². The molecule has 0 aromatic heterocycles. The molecule has 0 aliphatic heterocycles. The molecule has 0 saturated heterocycles. The molecule has 0 aliphatic rings. The molecule has 0 bridgehead atoms. The third kappa shape index (κ3) is 7.24. The van der Waals surface area contributed by atoms with Gasteiger partial charge in [-0.25, -0.2) is 0 Å². The van der Waals surface area contributed by atoms with Gasteiger partial charge in [-0.15, -0.1) is 0 Å². The minimum atomic E-state index is -0.488. The number of benzene rings is 3. The maximum atomic E-state index is 10.6. The zero-order chi connectivity index (χ0) is 22.7. The normalized spacial score (nSPS) is 9.20. The topological polar surface area (TPSA) is 207 Å². The summed E-state index contributed by atoms with van der Waals surface area (Å²) in [6.07, 6.45) is 0. The summed E-state index contributed by atoms with van der Waals surface area (Å²) in [5.41, 5.74) is 33.7. The van der Waals surface area contributed by atoms with Crippen LogP contribution in [-0.2, 0) is 0 Å². The number of primary amides is 3. The summed E-state index contributed by atoms with van der Waals surface area (Å²) in [6, 6.07) is 20.1. The van der Waals surface area contributed by atoms with Crippen molar-refractivity contribution in [3.8, 4) is 0 Å². The van der Waals surface area contributed by atoms with E-state index in [-0.39, 0.29) is 0 Å². The van der Waals surface area contributed by atoms with Gasteiger partial charge in [0, 0.05) is 17.1 Å². The van der Waals surface area contributed by atoms with E-state index in [1.807, 2.05) is 0 Å². The van der Waals surface area contributed by atoms with Crippen LogP contribution in [0, 0.1) is 0 Å². The van der Waals surface area contributed by atoms with Crippen LogP contribution in [0.15, 0.2) is 72.8 Å². The van der Waals surface area contributed by atoms with Gasteiger partial charge in [-0.3, -0.25) is 14.4 Å². The first-order valence-electron chi connectivity index (χ1n) is 8.58. The van der Waals surface area contributed by atoms with E-state index in [1.165, 1.54) is 0 Å². The predicted octanol–water partition coefficient (Wildman–Crippen LogP) is 1.10. The number of hydrogen-bond donors (Lipinski definition) is 6. The molecule has 0 atom stereocenters. The summed E-state index contributed by atoms with van der Waals surface area (Å²) in [4.78, 5) is 31.7. The summed E-state index contributed by atoms with van der Waals surface area (Å²) in [5, 5.41) is 0. The van der Waals surface area contributed by atoms with Gasteiger partial charge in [-0.05, 0) is 36.4 Å². The highest BCUT2D eigenvalue weighted by atomic mass is 16.2. The molecule has 9 heteroatoms. The van der Waals surface area contributed by atoms with Crippen LogP contribution in [0.1, 0.15) is 31.1 Å². The maximum Gasteiger partial charge on any atom is 0.250 e. The van der Waals surface area contributed by atoms with Gasteiger partial charge in [0.05, 0.1) is 16.7 Å². The number of nitrogen functional groups attached to an aromatic ring is 3. The minimum Gasteiger partial charge on any atom is -0.398 e. The average molecular weight is 408 g/mol. The molecule has 0 aliphatic carbocycles. The molecule has 156 valence electrons. The van der Waals surface area contributed by atoms with Crippen LogP contribution < -0.4 is 34.4 Å². The Kier molecular flexibility index (Phi) is 8.89. The monoisotopic (exact) mass is 408 g/mol. The van der Waals surface area contributed by atoms with Crippen LogP contribution in [0.2, 0.25) is 0 Å². The Morgan fingerprint density at radius 2 is 0.633 bits per heavy atom. The lowest BCUT2D eigenvalue weighted by Crippen LogP contribution is -2.12. The van der Waals surface area contributed by atoms with E-state index in [4.69, 9.17) is 34.4 Å². The number of carbonyl (C=O) groups is 3. The molecule has 9 nitrogen and oxygen atoms in total. The van der Waals surface area contributed by atoms with Crippen LogP contribution in [0.3, 0.4) is 0 Å². The van der Waals surface area contributed by atoms with Crippen molar-refractivity contribution in [2.24, 2.45) is 17.2 Å². The second kappa shape index (κ2) is 11.3. The summed E-state index contributed by atoms with van der Waals surface area (Å²) in [5.74, 6) is -1.46. The Hall–Kier alpha value is -4.53. The summed E-state index contributed by atoms with van der Waals surface area (Å²) in [7, 11) is 0. The Morgan fingerprint density at radius 3 is 0.767 bits per heavy atom. The second-order valence-electron chi connectivity index (χ2n) is 5.85. The highest BCUT2D eigenvalue weighted by Crippen LogP contribution is 2.09. The quantitative estimate of drug-likeness (QED) is 0.349. The lowest BCUT2D eigenvalue weighted by atomic mass is 10.2. The first kappa shape index (κ1) is 23.5. The molecule has 3 aromatic rings. The molecule has 0 heterocycles. The zero-order valence-corrected chi connectivity index (χ0v) is 16.1. The van der Waals surface area contributed by atoms with Gasteiger partial charge >= 0.3 is 0 Å². The maximum absolute atomic E-state index is 10.6. The second-order valence-corrected chi connectivity index (χ2v) is 5.85. The molecule has 0 spiro atoms. The lowest BCUT2D eigenvalue weighted by molar-refractivity contribution is 0.0992. The molecular formula is C21H24N6O3. The molecule has 30 heavy (non-hydrogen) atoms. The molecule has 3 aromatic carbocycles. The van der Waals surface area contributed by atoms with Gasteiger partial charge in [0.1, 0.15) is 0 Å². The standard InChI is InChI=1S/3C7H8N2O/c3*8-6-4-2-1-3-5(6)7(9)10/h3*1-4H,8H2,(H2,9,10). The molecule has 0 fully saturated rings. The van der Waals surface area contributed by atoms with E-state index in [9.17, 15) is 14.4 Å². The van der Waals surface area contributed by atoms with E-state index < -0.39 is 17.7 Å². The van der Waals surface area contributed by atoms with Crippen LogP contribution in [0.5, 0.6) is 0 Å². The van der Waals surface area contributed by atoms with Gasteiger partial charge in [0.25, 0.3) is 17.7 Å². The highest BCUT2D eigenvalue weighted by Gasteiger charge is 2.02. The van der Waals surface area contributed by atoms with Crippen molar-refractivity contribution in [1.82, 2.24) is 0 Å². The Morgan fingerprint density at radius 1 is 0.433 bits per heavy atom. The van der Waals surface area contributed by atoms with Crippen LogP contribution >= 0.6 is 0 Å². The lowest BCUT2D eigenvalue weighted by Gasteiger charge is -1.97. The average Bonchev–Trinajstić information content (AvgIpc) is 2.69. The van der Waals surface area contributed by atoms with Gasteiger partial charge in [0.15, 0.2) is 0 Å². The largest absolute Gasteiger partial charge is 0.398 e. The van der Waals surface area contributed by atoms with Crippen molar-refractivity contribution in [1.29, 1.82) is 0 Å². The Labute approximate surface area is 173 Å². The molecule has 3 amide bonds. The van der Waals surface area contributed by atoms with Crippen LogP contribution in [0.4, 0.5) is 17.1 Å². The van der Waals surface area contributed by atoms with Crippen LogP contribution in [-0.4, -0.2) is 17.7 Å². The van der Waals surface area contributed by atoms with Crippen molar-refractivity contribution in [2.45, 2.75) is 0 Å². The summed E-state index contributed by atoms with van der Waals surface area (Å²) >= 11 is 0. The smallest absolute Gasteiger partial charge is 0.250 e. The van der Waals surface area contributed by atoms with Crippen molar-refractivity contribution in [2.75, 3.05) is 17.2 Å². The van der Waals surface area contributed by atoms with Gasteiger partial charge in [-0.1, -0.05) is 36.4 Å². The number of nitrogens with two attached hydrogens (primary N) is 6. The van der Waals surface area contributed by atoms with Gasteiger partial charge in [0.2, 0.25) is 0 Å². The number of amides is 3. The van der Waals surface area contributed by atoms with E-state index in [0.29, 0.717) is 33.8 Å². The molecule has 0 unspecified atom stereocenters. The number of hydrogen-bond acceptors (Lipinski definition) is 6. The third-order valence-electron chi connectivity index (χ3n) is 3.68. The molecule has 3 rings (SSSR count). The van der Waals surface area contributed by atoms with Gasteiger partial charge in [-0.2, -0.15) is 0 Å². The SMILES string of the molecule is NC(=O)c1ccccc1N.NC(=O)c1ccccc1N.NC(=O)c1ccccc1N. The zero-order valence-electron chi connectivity index (χ0n) is 16.1. The first-order chi connectivity index (χ1) is 14.1. The summed E-state index contributed by atoms with van der Waals surface area (Å²) < 4.78 is 0. The number of anilines is 3. The fourth-order valence-corrected chi connectivity index (χ4v) is 2.16. The molecular weight excluding hydrogens is 384 g/mol. The fraction of sp³-hybridized carbons (Fsp3) is 0. The Balaban J connectivity index is 0.000000225. The van der Waals surface area contributed by atoms with Crippen molar-refractivity contribution < 1.29 is 14.4 Å². The Bertz CT molecular complexity index is 905. The fourth-order valence-electron chi connectivity index (χ4n) is 2.16. The van der Waals surface area contributed by atoms with Crippen molar-refractivity contribution >= 4 is 34.8 Å². The molecule has 12 N–H and O–H groups in total. The number of rotatable bonds is 3. The van der Waals surface area contributed by atoms with Crippen LogP contribution in [0.25, 0.3) is 0 Å². The van der Waals surface area contributed by atoms with Crippen molar-refractivity contribution in [3.63, 3.8) is 0 Å². The predicted molar refractivity (Wildman–Crippen MR) is 118 cm³/mol. The van der Waals surface area contributed by atoms with E-state index >= 15 is 0 Å². The van der Waals surface area contributed by atoms with E-state index in [1.54, 1.807) is 72.8 Å². The molecule has 0 radical (unpaired) electrons. The number of carbonyl (C=O) groups excluding carboxylic acids is 3. The van der Waals surface area contributed by atoms with E-state index in [2.05, 4.69) is 0 Å². The minimum absolute atomic E-state index is 0.377. The highest BCUT2D eigenvalue weighted by molar-refractivity contribution is 5.98. The summed E-state index contributed by atoms with van der Waals surface area (Å²) in [6.45, 7) is 0. The number of para-hydroxylation sites is 3. The van der Waals surface area contributed by atoms with Crippen molar-refractivity contribution in [3.05, 3.63) is 89.5 Å². The molecule has 0 saturated carbocycles. The third-order valence-corrected chi connectivity index (χ3v) is 3.68.